The van der Waals surface area contributed by atoms with Crippen molar-refractivity contribution in [2.45, 2.75) is 6.92 Å². The molecule has 6 nitrogen and oxygen atoms in total. The zero-order valence-electron chi connectivity index (χ0n) is 10.5. The number of halogens is 1. The first-order valence-electron chi connectivity index (χ1n) is 5.61. The monoisotopic (exact) mass is 269 g/mol. The van der Waals surface area contributed by atoms with Crippen LogP contribution in [0.15, 0.2) is 12.1 Å². The van der Waals surface area contributed by atoms with Gasteiger partial charge < -0.3 is 21.5 Å². The molecular formula is C12H16FN3O3. The first kappa shape index (κ1) is 14.9. The average molecular weight is 269 g/mol. The van der Waals surface area contributed by atoms with Crippen molar-refractivity contribution in [1.82, 2.24) is 5.32 Å². The van der Waals surface area contributed by atoms with Gasteiger partial charge in [0, 0.05) is 12.2 Å². The number of amides is 2. The molecule has 0 aliphatic heterocycles. The molecule has 1 aromatic rings. The maximum absolute atomic E-state index is 13.7. The Morgan fingerprint density at radius 3 is 2.74 bits per heavy atom. The van der Waals surface area contributed by atoms with Gasteiger partial charge in [0.1, 0.15) is 12.4 Å². The Balaban J connectivity index is 2.52. The van der Waals surface area contributed by atoms with E-state index in [0.717, 1.165) is 0 Å². The van der Waals surface area contributed by atoms with E-state index in [2.05, 4.69) is 5.32 Å². The molecule has 0 unspecified atom stereocenters. The quantitative estimate of drug-likeness (QED) is 0.497. The fraction of sp³-hybridized carbons (Fsp3) is 0.333. The van der Waals surface area contributed by atoms with E-state index < -0.39 is 17.6 Å². The number of hydrogen-bond donors (Lipinski definition) is 3. The van der Waals surface area contributed by atoms with Crippen LogP contribution >= 0.6 is 0 Å². The molecular weight excluding hydrogens is 253 g/mol. The SMILES string of the molecule is Cc1cc(N)cc(C(=O)NCCOCC(N)=O)c1F. The highest BCUT2D eigenvalue weighted by molar-refractivity contribution is 5.95. The van der Waals surface area contributed by atoms with Crippen molar-refractivity contribution in [2.75, 3.05) is 25.5 Å². The second kappa shape index (κ2) is 6.69. The summed E-state index contributed by atoms with van der Waals surface area (Å²) in [6, 6.07) is 2.71. The minimum absolute atomic E-state index is 0.109. The number of anilines is 1. The first-order chi connectivity index (χ1) is 8.91. The summed E-state index contributed by atoms with van der Waals surface area (Å²) in [6.45, 7) is 1.55. The summed E-state index contributed by atoms with van der Waals surface area (Å²) in [5.74, 6) is -1.79. The third-order valence-corrected chi connectivity index (χ3v) is 2.30. The summed E-state index contributed by atoms with van der Waals surface area (Å²) in [7, 11) is 0. The van der Waals surface area contributed by atoms with Crippen LogP contribution in [0.2, 0.25) is 0 Å². The Labute approximate surface area is 109 Å². The fourth-order valence-electron chi connectivity index (χ4n) is 1.47. The van der Waals surface area contributed by atoms with Crippen LogP contribution in [0.25, 0.3) is 0 Å². The number of nitrogen functional groups attached to an aromatic ring is 1. The van der Waals surface area contributed by atoms with Crippen molar-refractivity contribution < 1.29 is 18.7 Å². The topological polar surface area (TPSA) is 107 Å². The number of nitrogens with one attached hydrogen (secondary N) is 1. The lowest BCUT2D eigenvalue weighted by molar-refractivity contribution is -0.122. The van der Waals surface area contributed by atoms with E-state index in [1.54, 1.807) is 0 Å². The Hall–Kier alpha value is -2.15. The zero-order chi connectivity index (χ0) is 14.4. The summed E-state index contributed by atoms with van der Waals surface area (Å²) >= 11 is 0. The molecule has 2 amide bonds. The summed E-state index contributed by atoms with van der Waals surface area (Å²) in [5.41, 5.74) is 10.9. The molecule has 7 heteroatoms. The number of benzene rings is 1. The average Bonchev–Trinajstić information content (AvgIpc) is 2.32. The summed E-state index contributed by atoms with van der Waals surface area (Å²) < 4.78 is 18.6. The molecule has 19 heavy (non-hydrogen) atoms. The minimum atomic E-state index is -0.607. The van der Waals surface area contributed by atoms with Crippen molar-refractivity contribution in [3.63, 3.8) is 0 Å². The summed E-state index contributed by atoms with van der Waals surface area (Å²) in [6.07, 6.45) is 0. The van der Waals surface area contributed by atoms with Gasteiger partial charge in [-0.3, -0.25) is 9.59 Å². The van der Waals surface area contributed by atoms with Crippen LogP contribution in [0.3, 0.4) is 0 Å². The van der Waals surface area contributed by atoms with Crippen LogP contribution in [-0.2, 0) is 9.53 Å². The number of ether oxygens (including phenoxy) is 1. The predicted octanol–water partition coefficient (Wildman–Crippen LogP) is -0.0520. The van der Waals surface area contributed by atoms with Gasteiger partial charge in [-0.15, -0.1) is 0 Å². The van der Waals surface area contributed by atoms with Gasteiger partial charge in [0.2, 0.25) is 5.91 Å². The molecule has 0 saturated carbocycles. The molecule has 0 aliphatic rings. The normalized spacial score (nSPS) is 10.2. The molecule has 0 atom stereocenters. The lowest BCUT2D eigenvalue weighted by Gasteiger charge is -2.08. The van der Waals surface area contributed by atoms with Crippen molar-refractivity contribution >= 4 is 17.5 Å². The van der Waals surface area contributed by atoms with E-state index in [-0.39, 0.29) is 25.3 Å². The fourth-order valence-corrected chi connectivity index (χ4v) is 1.47. The van der Waals surface area contributed by atoms with Crippen molar-refractivity contribution in [2.24, 2.45) is 5.73 Å². The second-order valence-corrected chi connectivity index (χ2v) is 3.97. The molecule has 0 heterocycles. The van der Waals surface area contributed by atoms with E-state index in [4.69, 9.17) is 16.2 Å². The van der Waals surface area contributed by atoms with E-state index >= 15 is 0 Å². The van der Waals surface area contributed by atoms with Crippen molar-refractivity contribution in [3.05, 3.63) is 29.1 Å². The van der Waals surface area contributed by atoms with Crippen LogP contribution in [0.1, 0.15) is 15.9 Å². The van der Waals surface area contributed by atoms with Gasteiger partial charge in [0.15, 0.2) is 0 Å². The lowest BCUT2D eigenvalue weighted by atomic mass is 10.1. The van der Waals surface area contributed by atoms with E-state index in [1.165, 1.54) is 19.1 Å². The first-order valence-corrected chi connectivity index (χ1v) is 5.61. The van der Waals surface area contributed by atoms with Crippen LogP contribution in [-0.4, -0.2) is 31.6 Å². The summed E-state index contributed by atoms with van der Waals surface area (Å²) in [4.78, 5) is 22.1. The minimum Gasteiger partial charge on any atom is -0.399 e. The number of carbonyl (C=O) groups is 2. The van der Waals surface area contributed by atoms with E-state index in [1.807, 2.05) is 0 Å². The molecule has 1 aromatic carbocycles. The number of primary amides is 1. The maximum atomic E-state index is 13.7. The Morgan fingerprint density at radius 1 is 1.42 bits per heavy atom. The van der Waals surface area contributed by atoms with Crippen molar-refractivity contribution in [1.29, 1.82) is 0 Å². The van der Waals surface area contributed by atoms with Crippen LogP contribution in [0.5, 0.6) is 0 Å². The Bertz CT molecular complexity index is 491. The molecule has 0 aliphatic carbocycles. The molecule has 0 fully saturated rings. The molecule has 5 N–H and O–H groups in total. The van der Waals surface area contributed by atoms with Gasteiger partial charge in [-0.05, 0) is 24.6 Å². The smallest absolute Gasteiger partial charge is 0.254 e. The van der Waals surface area contributed by atoms with Gasteiger partial charge in [-0.25, -0.2) is 4.39 Å². The van der Waals surface area contributed by atoms with E-state index in [9.17, 15) is 14.0 Å². The molecule has 1 rings (SSSR count). The van der Waals surface area contributed by atoms with Gasteiger partial charge in [-0.1, -0.05) is 0 Å². The highest BCUT2D eigenvalue weighted by Gasteiger charge is 2.14. The third kappa shape index (κ3) is 4.55. The number of aryl methyl sites for hydroxylation is 1. The van der Waals surface area contributed by atoms with Gasteiger partial charge in [-0.2, -0.15) is 0 Å². The molecule has 0 radical (unpaired) electrons. The third-order valence-electron chi connectivity index (χ3n) is 2.30. The molecule has 104 valence electrons. The highest BCUT2D eigenvalue weighted by atomic mass is 19.1. The van der Waals surface area contributed by atoms with Crippen LogP contribution in [0.4, 0.5) is 10.1 Å². The highest BCUT2D eigenvalue weighted by Crippen LogP contribution is 2.16. The number of nitrogens with two attached hydrogens (primary N) is 2. The lowest BCUT2D eigenvalue weighted by Crippen LogP contribution is -2.29. The maximum Gasteiger partial charge on any atom is 0.254 e. The molecule has 0 saturated heterocycles. The van der Waals surface area contributed by atoms with Gasteiger partial charge in [0.25, 0.3) is 5.91 Å². The van der Waals surface area contributed by atoms with Crippen LogP contribution < -0.4 is 16.8 Å². The second-order valence-electron chi connectivity index (χ2n) is 3.97. The molecule has 0 aromatic heterocycles. The molecule has 0 spiro atoms. The Kier molecular flexibility index (Phi) is 5.25. The zero-order valence-corrected chi connectivity index (χ0v) is 10.5. The molecule has 0 bridgehead atoms. The number of carbonyl (C=O) groups excluding carboxylic acids is 2. The van der Waals surface area contributed by atoms with Gasteiger partial charge in [0.05, 0.1) is 12.2 Å². The number of rotatable bonds is 6. The standard InChI is InChI=1S/C12H16FN3O3/c1-7-4-8(14)5-9(11(7)13)12(18)16-2-3-19-6-10(15)17/h4-5H,2-3,6,14H2,1H3,(H2,15,17)(H,16,18). The van der Waals surface area contributed by atoms with Gasteiger partial charge >= 0.3 is 0 Å². The Morgan fingerprint density at radius 2 is 2.11 bits per heavy atom. The van der Waals surface area contributed by atoms with Crippen LogP contribution in [0, 0.1) is 12.7 Å². The largest absolute Gasteiger partial charge is 0.399 e. The summed E-state index contributed by atoms with van der Waals surface area (Å²) in [5, 5.41) is 2.46. The van der Waals surface area contributed by atoms with E-state index in [0.29, 0.717) is 11.3 Å². The number of hydrogen-bond acceptors (Lipinski definition) is 4. The van der Waals surface area contributed by atoms with Crippen molar-refractivity contribution in [3.8, 4) is 0 Å². The predicted molar refractivity (Wildman–Crippen MR) is 67.9 cm³/mol.